The van der Waals surface area contributed by atoms with Crippen LogP contribution in [0.25, 0.3) is 0 Å². The van der Waals surface area contributed by atoms with Crippen molar-refractivity contribution in [1.29, 1.82) is 0 Å². The van der Waals surface area contributed by atoms with Gasteiger partial charge in [-0.3, -0.25) is 14.4 Å². The zero-order valence-corrected chi connectivity index (χ0v) is 38.1. The summed E-state index contributed by atoms with van der Waals surface area (Å²) in [7, 11) is 0. The number of unbranched alkanes of at least 4 members (excludes halogenated alkanes) is 32. The van der Waals surface area contributed by atoms with Crippen LogP contribution in [0, 0.1) is 5.92 Å². The largest absolute Gasteiger partial charge is 0.462 e. The number of hydrogen-bond acceptors (Lipinski definition) is 6. The maximum atomic E-state index is 12.7. The Morgan fingerprint density at radius 2 is 0.589 bits per heavy atom. The van der Waals surface area contributed by atoms with Crippen molar-refractivity contribution in [1.82, 2.24) is 0 Å². The number of esters is 3. The Morgan fingerprint density at radius 1 is 0.339 bits per heavy atom. The van der Waals surface area contributed by atoms with Gasteiger partial charge in [-0.05, 0) is 25.2 Å². The lowest BCUT2D eigenvalue weighted by Crippen LogP contribution is -2.30. The molecule has 0 radical (unpaired) electrons. The van der Waals surface area contributed by atoms with Gasteiger partial charge in [0.2, 0.25) is 0 Å². The summed E-state index contributed by atoms with van der Waals surface area (Å²) in [5, 5.41) is 0. The molecule has 6 nitrogen and oxygen atoms in total. The van der Waals surface area contributed by atoms with Crippen LogP contribution in [0.1, 0.15) is 278 Å². The molecule has 0 aliphatic carbocycles. The van der Waals surface area contributed by atoms with Gasteiger partial charge in [0.25, 0.3) is 0 Å². The third kappa shape index (κ3) is 43.5. The van der Waals surface area contributed by atoms with Gasteiger partial charge >= 0.3 is 17.9 Å². The molecule has 0 aromatic carbocycles. The predicted molar refractivity (Wildman–Crippen MR) is 238 cm³/mol. The molecule has 0 bridgehead atoms. The molecular weight excluding hydrogens is 697 g/mol. The molecule has 0 N–H and O–H groups in total. The summed E-state index contributed by atoms with van der Waals surface area (Å²) in [6.07, 6.45) is 45.3. The van der Waals surface area contributed by atoms with E-state index in [1.54, 1.807) is 0 Å². The lowest BCUT2D eigenvalue weighted by Gasteiger charge is -2.18. The topological polar surface area (TPSA) is 78.9 Å². The van der Waals surface area contributed by atoms with E-state index in [0.29, 0.717) is 19.3 Å². The first-order valence-corrected chi connectivity index (χ1v) is 24.9. The van der Waals surface area contributed by atoms with Crippen molar-refractivity contribution >= 4 is 17.9 Å². The highest BCUT2D eigenvalue weighted by Crippen LogP contribution is 2.17. The average Bonchev–Trinajstić information content (AvgIpc) is 3.18. The summed E-state index contributed by atoms with van der Waals surface area (Å²) < 4.78 is 16.7. The molecule has 0 aliphatic heterocycles. The Bertz CT molecular complexity index is 841. The maximum Gasteiger partial charge on any atom is 0.306 e. The van der Waals surface area contributed by atoms with Crippen molar-refractivity contribution < 1.29 is 28.6 Å². The van der Waals surface area contributed by atoms with E-state index in [1.165, 1.54) is 173 Å². The molecule has 0 saturated carbocycles. The van der Waals surface area contributed by atoms with E-state index in [2.05, 4.69) is 27.7 Å². The highest BCUT2D eigenvalue weighted by molar-refractivity contribution is 5.71. The van der Waals surface area contributed by atoms with Crippen molar-refractivity contribution in [3.05, 3.63) is 0 Å². The quantitative estimate of drug-likeness (QED) is 0.0347. The average molecular weight is 793 g/mol. The molecule has 0 saturated heterocycles. The first kappa shape index (κ1) is 54.4. The fraction of sp³-hybridized carbons (Fsp3) is 0.940. The summed E-state index contributed by atoms with van der Waals surface area (Å²) in [5.74, 6) is -0.0769. The Kier molecular flexibility index (Phi) is 43.2. The second kappa shape index (κ2) is 44.5. The predicted octanol–water partition coefficient (Wildman–Crippen LogP) is 15.9. The Labute approximate surface area is 348 Å². The van der Waals surface area contributed by atoms with E-state index in [4.69, 9.17) is 14.2 Å². The van der Waals surface area contributed by atoms with Crippen LogP contribution in [0.5, 0.6) is 0 Å². The molecule has 0 rings (SSSR count). The van der Waals surface area contributed by atoms with Gasteiger partial charge in [0.05, 0.1) is 0 Å². The number of carbonyl (C=O) groups excluding carboxylic acids is 3. The standard InChI is InChI=1S/C50H96O6/c1-5-7-9-11-13-15-16-17-18-19-20-21-22-23-24-26-30-34-38-42-49(52)55-45-47(44-54-48(51)41-37-33-29-25-14-12-10-8-6-2)56-50(53)43-39-35-31-27-28-32-36-40-46(3)4/h46-47H,5-45H2,1-4H3/t47-/m1/s1. The van der Waals surface area contributed by atoms with E-state index in [1.807, 2.05) is 0 Å². The summed E-state index contributed by atoms with van der Waals surface area (Å²) in [6, 6.07) is 0. The van der Waals surface area contributed by atoms with Gasteiger partial charge in [-0.2, -0.15) is 0 Å². The highest BCUT2D eigenvalue weighted by atomic mass is 16.6. The lowest BCUT2D eigenvalue weighted by molar-refractivity contribution is -0.167. The van der Waals surface area contributed by atoms with Gasteiger partial charge < -0.3 is 14.2 Å². The third-order valence-corrected chi connectivity index (χ3v) is 11.3. The van der Waals surface area contributed by atoms with Crippen LogP contribution in [-0.2, 0) is 28.6 Å². The van der Waals surface area contributed by atoms with E-state index < -0.39 is 6.10 Å². The lowest BCUT2D eigenvalue weighted by atomic mass is 10.0. The van der Waals surface area contributed by atoms with Gasteiger partial charge in [0, 0.05) is 19.3 Å². The number of ether oxygens (including phenoxy) is 3. The Morgan fingerprint density at radius 3 is 0.875 bits per heavy atom. The van der Waals surface area contributed by atoms with Crippen molar-refractivity contribution in [3.63, 3.8) is 0 Å². The molecule has 0 fully saturated rings. The molecule has 6 heteroatoms. The summed E-state index contributed by atoms with van der Waals surface area (Å²) in [6.45, 7) is 8.95. The van der Waals surface area contributed by atoms with Gasteiger partial charge in [-0.1, -0.05) is 240 Å². The molecule has 0 spiro atoms. The first-order chi connectivity index (χ1) is 27.4. The molecule has 56 heavy (non-hydrogen) atoms. The van der Waals surface area contributed by atoms with Crippen molar-refractivity contribution in [2.45, 2.75) is 284 Å². The Balaban J connectivity index is 4.18. The number of rotatable bonds is 45. The maximum absolute atomic E-state index is 12.7. The van der Waals surface area contributed by atoms with Crippen LogP contribution in [0.2, 0.25) is 0 Å². The van der Waals surface area contributed by atoms with Crippen LogP contribution < -0.4 is 0 Å². The minimum absolute atomic E-state index is 0.0641. The summed E-state index contributed by atoms with van der Waals surface area (Å²) in [5.41, 5.74) is 0. The third-order valence-electron chi connectivity index (χ3n) is 11.3. The summed E-state index contributed by atoms with van der Waals surface area (Å²) in [4.78, 5) is 37.7. The van der Waals surface area contributed by atoms with Gasteiger partial charge in [-0.15, -0.1) is 0 Å². The molecule has 1 atom stereocenters. The van der Waals surface area contributed by atoms with Crippen LogP contribution >= 0.6 is 0 Å². The fourth-order valence-corrected chi connectivity index (χ4v) is 7.51. The number of carbonyl (C=O) groups is 3. The normalized spacial score (nSPS) is 11.9. The zero-order valence-electron chi connectivity index (χ0n) is 38.1. The van der Waals surface area contributed by atoms with Gasteiger partial charge in [0.15, 0.2) is 6.10 Å². The van der Waals surface area contributed by atoms with Crippen molar-refractivity contribution in [2.24, 2.45) is 5.92 Å². The smallest absolute Gasteiger partial charge is 0.306 e. The zero-order chi connectivity index (χ0) is 41.0. The second-order valence-corrected chi connectivity index (χ2v) is 17.6. The van der Waals surface area contributed by atoms with E-state index >= 15 is 0 Å². The molecule has 0 aliphatic rings. The molecule has 0 amide bonds. The molecule has 0 aromatic heterocycles. The van der Waals surface area contributed by atoms with Crippen LogP contribution in [0.3, 0.4) is 0 Å². The van der Waals surface area contributed by atoms with Crippen LogP contribution in [-0.4, -0.2) is 37.2 Å². The van der Waals surface area contributed by atoms with E-state index in [0.717, 1.165) is 63.7 Å². The Hall–Kier alpha value is -1.59. The number of hydrogen-bond donors (Lipinski definition) is 0. The van der Waals surface area contributed by atoms with Gasteiger partial charge in [-0.25, -0.2) is 0 Å². The SMILES string of the molecule is CCCCCCCCCCCCCCCCCCCCCC(=O)OC[C@@H](COC(=O)CCCCCCCCCCC)OC(=O)CCCCCCCCCC(C)C. The monoisotopic (exact) mass is 793 g/mol. The fourth-order valence-electron chi connectivity index (χ4n) is 7.51. The first-order valence-electron chi connectivity index (χ1n) is 24.9. The minimum atomic E-state index is -0.760. The van der Waals surface area contributed by atoms with Crippen molar-refractivity contribution in [2.75, 3.05) is 13.2 Å². The molecule has 0 unspecified atom stereocenters. The van der Waals surface area contributed by atoms with Crippen LogP contribution in [0.15, 0.2) is 0 Å². The molecule has 332 valence electrons. The summed E-state index contributed by atoms with van der Waals surface area (Å²) >= 11 is 0. The second-order valence-electron chi connectivity index (χ2n) is 17.6. The minimum Gasteiger partial charge on any atom is -0.462 e. The molecular formula is C50H96O6. The van der Waals surface area contributed by atoms with Crippen LogP contribution in [0.4, 0.5) is 0 Å². The van der Waals surface area contributed by atoms with E-state index in [-0.39, 0.29) is 31.1 Å². The molecule has 0 heterocycles. The highest BCUT2D eigenvalue weighted by Gasteiger charge is 2.19. The molecule has 0 aromatic rings. The van der Waals surface area contributed by atoms with E-state index in [9.17, 15) is 14.4 Å². The van der Waals surface area contributed by atoms with Gasteiger partial charge in [0.1, 0.15) is 13.2 Å². The van der Waals surface area contributed by atoms with Crippen molar-refractivity contribution in [3.8, 4) is 0 Å².